The zero-order valence-electron chi connectivity index (χ0n) is 14.3. The third-order valence-corrected chi connectivity index (χ3v) is 4.37. The van der Waals surface area contributed by atoms with Crippen molar-refractivity contribution in [1.82, 2.24) is 0 Å². The van der Waals surface area contributed by atoms with Gasteiger partial charge in [0.1, 0.15) is 6.10 Å². The van der Waals surface area contributed by atoms with Crippen molar-refractivity contribution in [3.05, 3.63) is 53.1 Å². The first-order chi connectivity index (χ1) is 12.6. The number of amides is 1. The highest BCUT2D eigenvalue weighted by molar-refractivity contribution is 6.33. The van der Waals surface area contributed by atoms with Crippen molar-refractivity contribution in [3.63, 3.8) is 0 Å². The topological polar surface area (TPSA) is 76.7 Å². The van der Waals surface area contributed by atoms with Gasteiger partial charge in [-0.25, -0.2) is 4.79 Å². The van der Waals surface area contributed by atoms with Crippen LogP contribution in [0.1, 0.15) is 23.2 Å². The Balaban J connectivity index is 1.67. The van der Waals surface area contributed by atoms with Crippen LogP contribution >= 0.6 is 11.6 Å². The molecule has 0 aliphatic carbocycles. The molecule has 1 amide bonds. The summed E-state index contributed by atoms with van der Waals surface area (Å²) < 4.78 is 10.1. The second-order valence-electron chi connectivity index (χ2n) is 5.88. The lowest BCUT2D eigenvalue weighted by Crippen LogP contribution is -2.26. The molecule has 1 heterocycles. The fraction of sp³-hybridized carbons (Fsp3) is 0.263. The number of carbonyl (C=O) groups excluding carboxylic acids is 2. The number of benzene rings is 2. The summed E-state index contributed by atoms with van der Waals surface area (Å²) in [5.74, 6) is -0.561. The van der Waals surface area contributed by atoms with Gasteiger partial charge in [-0.3, -0.25) is 4.79 Å². The van der Waals surface area contributed by atoms with Crippen LogP contribution in [0.2, 0.25) is 5.02 Å². The maximum atomic E-state index is 12.1. The van der Waals surface area contributed by atoms with Gasteiger partial charge in [-0.2, -0.15) is 0 Å². The van der Waals surface area contributed by atoms with E-state index in [1.165, 1.54) is 7.11 Å². The summed E-state index contributed by atoms with van der Waals surface area (Å²) in [4.78, 5) is 23.7. The Labute approximate surface area is 156 Å². The molecule has 6 nitrogen and oxygen atoms in total. The van der Waals surface area contributed by atoms with E-state index in [1.807, 2.05) is 12.1 Å². The van der Waals surface area contributed by atoms with E-state index in [9.17, 15) is 9.59 Å². The summed E-state index contributed by atoms with van der Waals surface area (Å²) in [7, 11) is 1.33. The monoisotopic (exact) mass is 374 g/mol. The Morgan fingerprint density at radius 3 is 2.54 bits per heavy atom. The molecule has 3 rings (SSSR count). The molecule has 2 aromatic carbocycles. The van der Waals surface area contributed by atoms with Gasteiger partial charge >= 0.3 is 5.97 Å². The number of methoxy groups -OCH3 is 1. The molecular weight excluding hydrogens is 356 g/mol. The third-order valence-electron chi connectivity index (χ3n) is 4.04. The molecule has 7 heteroatoms. The van der Waals surface area contributed by atoms with E-state index in [0.29, 0.717) is 28.6 Å². The van der Waals surface area contributed by atoms with Crippen molar-refractivity contribution in [2.75, 3.05) is 24.4 Å². The zero-order chi connectivity index (χ0) is 18.5. The van der Waals surface area contributed by atoms with Crippen LogP contribution in [0.5, 0.6) is 0 Å². The lowest BCUT2D eigenvalue weighted by Gasteiger charge is -2.12. The number of nitrogens with one attached hydrogen (secondary N) is 2. The molecule has 0 spiro atoms. The number of rotatable bonds is 5. The van der Waals surface area contributed by atoms with E-state index in [0.717, 1.165) is 18.5 Å². The van der Waals surface area contributed by atoms with E-state index in [1.54, 1.807) is 30.3 Å². The second-order valence-corrected chi connectivity index (χ2v) is 6.29. The predicted molar refractivity (Wildman–Crippen MR) is 100 cm³/mol. The Morgan fingerprint density at radius 1 is 1.15 bits per heavy atom. The average Bonchev–Trinajstić information content (AvgIpc) is 3.19. The molecule has 0 radical (unpaired) electrons. The van der Waals surface area contributed by atoms with Crippen molar-refractivity contribution in [2.45, 2.75) is 18.9 Å². The molecule has 1 fully saturated rings. The van der Waals surface area contributed by atoms with E-state index in [4.69, 9.17) is 21.1 Å². The molecule has 2 aromatic rings. The second kappa shape index (κ2) is 8.21. The zero-order valence-corrected chi connectivity index (χ0v) is 15.0. The predicted octanol–water partition coefficient (Wildman–Crippen LogP) is 3.99. The van der Waals surface area contributed by atoms with Crippen LogP contribution in [0.15, 0.2) is 42.5 Å². The first kappa shape index (κ1) is 18.2. The third kappa shape index (κ3) is 4.33. The lowest BCUT2D eigenvalue weighted by molar-refractivity contribution is -0.124. The number of ether oxygens (including phenoxy) is 2. The van der Waals surface area contributed by atoms with Crippen molar-refractivity contribution in [1.29, 1.82) is 0 Å². The summed E-state index contributed by atoms with van der Waals surface area (Å²) in [5, 5.41) is 6.47. The molecule has 1 unspecified atom stereocenters. The van der Waals surface area contributed by atoms with Crippen LogP contribution in [-0.4, -0.2) is 31.7 Å². The van der Waals surface area contributed by atoms with E-state index >= 15 is 0 Å². The average molecular weight is 375 g/mol. The van der Waals surface area contributed by atoms with Gasteiger partial charge in [-0.1, -0.05) is 11.6 Å². The first-order valence-corrected chi connectivity index (χ1v) is 8.62. The number of halogens is 1. The maximum absolute atomic E-state index is 12.1. The van der Waals surface area contributed by atoms with E-state index < -0.39 is 5.97 Å². The van der Waals surface area contributed by atoms with Crippen molar-refractivity contribution in [3.8, 4) is 0 Å². The molecule has 26 heavy (non-hydrogen) atoms. The molecule has 0 aromatic heterocycles. The number of carbonyl (C=O) groups is 2. The van der Waals surface area contributed by atoms with Crippen LogP contribution < -0.4 is 10.6 Å². The van der Waals surface area contributed by atoms with Gasteiger partial charge in [-0.15, -0.1) is 0 Å². The highest BCUT2D eigenvalue weighted by Gasteiger charge is 2.23. The molecule has 0 saturated carbocycles. The summed E-state index contributed by atoms with van der Waals surface area (Å²) >= 11 is 6.18. The Bertz CT molecular complexity index is 802. The first-order valence-electron chi connectivity index (χ1n) is 8.24. The van der Waals surface area contributed by atoms with Gasteiger partial charge < -0.3 is 20.1 Å². The number of esters is 1. The van der Waals surface area contributed by atoms with Crippen LogP contribution in [0.25, 0.3) is 0 Å². The normalized spacial score (nSPS) is 16.2. The summed E-state index contributed by atoms with van der Waals surface area (Å²) in [6, 6.07) is 12.1. The van der Waals surface area contributed by atoms with Gasteiger partial charge in [0, 0.05) is 18.0 Å². The van der Waals surface area contributed by atoms with Gasteiger partial charge in [0.25, 0.3) is 5.91 Å². The lowest BCUT2D eigenvalue weighted by atomic mass is 10.2. The van der Waals surface area contributed by atoms with Crippen molar-refractivity contribution in [2.24, 2.45) is 0 Å². The maximum Gasteiger partial charge on any atom is 0.337 e. The molecule has 1 atom stereocenters. The quantitative estimate of drug-likeness (QED) is 0.774. The summed E-state index contributed by atoms with van der Waals surface area (Å²) in [6.45, 7) is 0.631. The number of anilines is 3. The number of hydrogen-bond donors (Lipinski definition) is 2. The molecule has 2 N–H and O–H groups in total. The molecular formula is C19H19ClN2O4. The van der Waals surface area contributed by atoms with Crippen LogP contribution in [0.4, 0.5) is 17.1 Å². The molecule has 0 bridgehead atoms. The molecule has 1 aliphatic heterocycles. The van der Waals surface area contributed by atoms with Crippen LogP contribution in [0.3, 0.4) is 0 Å². The SMILES string of the molecule is COC(=O)c1ccc(Cl)c(Nc2ccc(NC(=O)C3CCCO3)cc2)c1. The Kier molecular flexibility index (Phi) is 5.75. The molecule has 1 saturated heterocycles. The standard InChI is InChI=1S/C19H19ClN2O4/c1-25-19(24)12-4-9-15(20)16(11-12)21-13-5-7-14(8-6-13)22-18(23)17-3-2-10-26-17/h4-9,11,17,21H,2-3,10H2,1H3,(H,22,23). The fourth-order valence-corrected chi connectivity index (χ4v) is 2.83. The van der Waals surface area contributed by atoms with E-state index in [-0.39, 0.29) is 12.0 Å². The highest BCUT2D eigenvalue weighted by atomic mass is 35.5. The minimum absolute atomic E-state index is 0.128. The highest BCUT2D eigenvalue weighted by Crippen LogP contribution is 2.27. The minimum atomic E-state index is -0.433. The molecule has 136 valence electrons. The van der Waals surface area contributed by atoms with Crippen molar-refractivity contribution >= 4 is 40.5 Å². The smallest absolute Gasteiger partial charge is 0.337 e. The molecule has 1 aliphatic rings. The Hall–Kier alpha value is -2.57. The minimum Gasteiger partial charge on any atom is -0.465 e. The van der Waals surface area contributed by atoms with Gasteiger partial charge in [-0.05, 0) is 55.3 Å². The largest absolute Gasteiger partial charge is 0.465 e. The number of hydrogen-bond acceptors (Lipinski definition) is 5. The Morgan fingerprint density at radius 2 is 1.88 bits per heavy atom. The van der Waals surface area contributed by atoms with Gasteiger partial charge in [0.05, 0.1) is 23.4 Å². The fourth-order valence-electron chi connectivity index (χ4n) is 2.67. The summed E-state index contributed by atoms with van der Waals surface area (Å²) in [5.41, 5.74) is 2.44. The van der Waals surface area contributed by atoms with Crippen LogP contribution in [-0.2, 0) is 14.3 Å². The van der Waals surface area contributed by atoms with Crippen LogP contribution in [0, 0.1) is 0 Å². The van der Waals surface area contributed by atoms with Gasteiger partial charge in [0.2, 0.25) is 0 Å². The van der Waals surface area contributed by atoms with Crippen molar-refractivity contribution < 1.29 is 19.1 Å². The van der Waals surface area contributed by atoms with E-state index in [2.05, 4.69) is 10.6 Å². The summed E-state index contributed by atoms with van der Waals surface area (Å²) in [6.07, 6.45) is 1.29. The van der Waals surface area contributed by atoms with Gasteiger partial charge in [0.15, 0.2) is 0 Å².